The second-order valence-electron chi connectivity index (χ2n) is 3.76. The summed E-state index contributed by atoms with van der Waals surface area (Å²) in [6.45, 7) is 1.28. The lowest BCUT2D eigenvalue weighted by atomic mass is 9.83. The fourth-order valence-corrected chi connectivity index (χ4v) is 1.61. The Morgan fingerprint density at radius 3 is 2.12 bits per heavy atom. The van der Waals surface area contributed by atoms with E-state index in [-0.39, 0.29) is 12.8 Å². The summed E-state index contributed by atoms with van der Waals surface area (Å²) in [5.74, 6) is -4.73. The molecule has 8 heteroatoms. The Balaban J connectivity index is 4.90. The zero-order valence-electron chi connectivity index (χ0n) is 9.42. The maximum atomic E-state index is 11.3. The lowest BCUT2D eigenvalue weighted by Gasteiger charge is -2.24. The van der Waals surface area contributed by atoms with Crippen LogP contribution in [0.2, 0.25) is 0 Å². The SMILES string of the molecule is C[C@@H](O)[C@@H](C(=O)NO)C(CCC(N)=O)C(N)=O. The molecule has 0 saturated heterocycles. The Morgan fingerprint density at radius 2 is 1.82 bits per heavy atom. The van der Waals surface area contributed by atoms with Crippen LogP contribution in [0.25, 0.3) is 0 Å². The van der Waals surface area contributed by atoms with Gasteiger partial charge in [0, 0.05) is 6.42 Å². The Bertz CT molecular complexity index is 305. The maximum absolute atomic E-state index is 11.3. The summed E-state index contributed by atoms with van der Waals surface area (Å²) in [5.41, 5.74) is 11.4. The molecule has 0 bridgehead atoms. The first kappa shape index (κ1) is 15.3. The average Bonchev–Trinajstić information content (AvgIpc) is 2.21. The van der Waals surface area contributed by atoms with E-state index in [1.165, 1.54) is 12.4 Å². The monoisotopic (exact) mass is 247 g/mol. The fraction of sp³-hybridized carbons (Fsp3) is 0.667. The minimum absolute atomic E-state index is 0.0619. The zero-order chi connectivity index (χ0) is 13.6. The fourth-order valence-electron chi connectivity index (χ4n) is 1.61. The molecule has 0 rings (SSSR count). The minimum Gasteiger partial charge on any atom is -0.393 e. The van der Waals surface area contributed by atoms with Crippen molar-refractivity contribution in [1.29, 1.82) is 0 Å². The zero-order valence-corrected chi connectivity index (χ0v) is 9.42. The number of hydrogen-bond acceptors (Lipinski definition) is 5. The van der Waals surface area contributed by atoms with Gasteiger partial charge in [-0.3, -0.25) is 19.6 Å². The van der Waals surface area contributed by atoms with Gasteiger partial charge in [0.15, 0.2) is 0 Å². The number of carbonyl (C=O) groups excluding carboxylic acids is 3. The smallest absolute Gasteiger partial charge is 0.249 e. The number of rotatable bonds is 7. The second-order valence-corrected chi connectivity index (χ2v) is 3.76. The highest BCUT2D eigenvalue weighted by molar-refractivity contribution is 5.87. The van der Waals surface area contributed by atoms with Gasteiger partial charge < -0.3 is 16.6 Å². The van der Waals surface area contributed by atoms with Crippen LogP contribution in [0.5, 0.6) is 0 Å². The number of hydrogen-bond donors (Lipinski definition) is 5. The van der Waals surface area contributed by atoms with Crippen molar-refractivity contribution in [2.75, 3.05) is 0 Å². The van der Waals surface area contributed by atoms with Crippen LogP contribution in [0.3, 0.4) is 0 Å². The van der Waals surface area contributed by atoms with Gasteiger partial charge in [0.25, 0.3) is 0 Å². The topological polar surface area (TPSA) is 156 Å². The van der Waals surface area contributed by atoms with Crippen LogP contribution >= 0.6 is 0 Å². The molecule has 3 amide bonds. The summed E-state index contributed by atoms with van der Waals surface area (Å²) < 4.78 is 0. The van der Waals surface area contributed by atoms with E-state index in [9.17, 15) is 19.5 Å². The van der Waals surface area contributed by atoms with Crippen LogP contribution in [-0.2, 0) is 14.4 Å². The molecule has 0 saturated carbocycles. The molecular formula is C9H17N3O5. The highest BCUT2D eigenvalue weighted by Gasteiger charge is 2.35. The van der Waals surface area contributed by atoms with Crippen molar-refractivity contribution in [1.82, 2.24) is 5.48 Å². The number of hydroxylamine groups is 1. The minimum atomic E-state index is -1.23. The van der Waals surface area contributed by atoms with Crippen LogP contribution in [0.1, 0.15) is 19.8 Å². The van der Waals surface area contributed by atoms with Crippen LogP contribution in [0.15, 0.2) is 0 Å². The molecule has 0 spiro atoms. The Morgan fingerprint density at radius 1 is 1.29 bits per heavy atom. The molecule has 0 heterocycles. The lowest BCUT2D eigenvalue weighted by molar-refractivity contribution is -0.144. The highest BCUT2D eigenvalue weighted by atomic mass is 16.5. The number of aliphatic hydroxyl groups is 1. The molecule has 0 aliphatic carbocycles. The molecule has 0 aliphatic heterocycles. The van der Waals surface area contributed by atoms with Gasteiger partial charge in [-0.25, -0.2) is 5.48 Å². The molecule has 7 N–H and O–H groups in total. The number of primary amides is 2. The van der Waals surface area contributed by atoms with Crippen molar-refractivity contribution < 1.29 is 24.7 Å². The summed E-state index contributed by atoms with van der Waals surface area (Å²) in [6.07, 6.45) is -1.41. The van der Waals surface area contributed by atoms with E-state index in [0.717, 1.165) is 0 Å². The molecule has 3 atom stereocenters. The van der Waals surface area contributed by atoms with E-state index in [1.807, 2.05) is 0 Å². The first-order chi connectivity index (χ1) is 7.81. The molecular weight excluding hydrogens is 230 g/mol. The average molecular weight is 247 g/mol. The van der Waals surface area contributed by atoms with E-state index in [1.54, 1.807) is 0 Å². The molecule has 0 aliphatic rings. The van der Waals surface area contributed by atoms with Gasteiger partial charge in [-0.1, -0.05) is 0 Å². The van der Waals surface area contributed by atoms with Crippen molar-refractivity contribution in [2.45, 2.75) is 25.9 Å². The summed E-state index contributed by atoms with van der Waals surface area (Å²) in [6, 6.07) is 0. The van der Waals surface area contributed by atoms with E-state index in [4.69, 9.17) is 16.7 Å². The number of nitrogens with one attached hydrogen (secondary N) is 1. The van der Waals surface area contributed by atoms with Crippen molar-refractivity contribution in [3.05, 3.63) is 0 Å². The number of amides is 3. The molecule has 0 radical (unpaired) electrons. The standard InChI is InChI=1S/C9H17N3O5/c1-4(13)7(9(16)12-17)5(8(11)15)2-3-6(10)14/h4-5,7,13,17H,2-3H2,1H3,(H2,10,14)(H2,11,15)(H,12,16)/t4-,5?,7-/m1/s1. The van der Waals surface area contributed by atoms with Crippen LogP contribution in [0, 0.1) is 11.8 Å². The quantitative estimate of drug-likeness (QED) is 0.256. The maximum Gasteiger partial charge on any atom is 0.249 e. The van der Waals surface area contributed by atoms with E-state index < -0.39 is 35.7 Å². The lowest BCUT2D eigenvalue weighted by Crippen LogP contribution is -2.44. The number of nitrogens with two attached hydrogens (primary N) is 2. The van der Waals surface area contributed by atoms with Gasteiger partial charge in [0.1, 0.15) is 0 Å². The van der Waals surface area contributed by atoms with Crippen LogP contribution in [0.4, 0.5) is 0 Å². The molecule has 98 valence electrons. The van der Waals surface area contributed by atoms with Gasteiger partial charge in [-0.05, 0) is 13.3 Å². The Hall–Kier alpha value is -1.67. The van der Waals surface area contributed by atoms with Crippen LogP contribution in [-0.4, -0.2) is 34.1 Å². The molecule has 1 unspecified atom stereocenters. The summed E-state index contributed by atoms with van der Waals surface area (Å²) in [5, 5.41) is 17.9. The van der Waals surface area contributed by atoms with Crippen LogP contribution < -0.4 is 16.9 Å². The third kappa shape index (κ3) is 4.79. The van der Waals surface area contributed by atoms with E-state index >= 15 is 0 Å². The summed E-state index contributed by atoms with van der Waals surface area (Å²) >= 11 is 0. The predicted octanol–water partition coefficient (Wildman–Crippen LogP) is -2.14. The van der Waals surface area contributed by atoms with E-state index in [2.05, 4.69) is 0 Å². The molecule has 0 aromatic rings. The first-order valence-corrected chi connectivity index (χ1v) is 5.00. The molecule has 17 heavy (non-hydrogen) atoms. The number of aliphatic hydroxyl groups excluding tert-OH is 1. The summed E-state index contributed by atoms with van der Waals surface area (Å²) in [4.78, 5) is 33.1. The summed E-state index contributed by atoms with van der Waals surface area (Å²) in [7, 11) is 0. The van der Waals surface area contributed by atoms with Crippen molar-refractivity contribution in [2.24, 2.45) is 23.3 Å². The van der Waals surface area contributed by atoms with Crippen molar-refractivity contribution in [3.8, 4) is 0 Å². The second kappa shape index (κ2) is 6.81. The highest BCUT2D eigenvalue weighted by Crippen LogP contribution is 2.21. The molecule has 8 nitrogen and oxygen atoms in total. The number of carbonyl (C=O) groups is 3. The first-order valence-electron chi connectivity index (χ1n) is 5.00. The molecule has 0 fully saturated rings. The third-order valence-electron chi connectivity index (χ3n) is 2.43. The molecule has 0 aromatic carbocycles. The largest absolute Gasteiger partial charge is 0.393 e. The third-order valence-corrected chi connectivity index (χ3v) is 2.43. The van der Waals surface area contributed by atoms with Gasteiger partial charge in [-0.2, -0.15) is 0 Å². The van der Waals surface area contributed by atoms with Gasteiger partial charge in [-0.15, -0.1) is 0 Å². The van der Waals surface area contributed by atoms with Gasteiger partial charge >= 0.3 is 0 Å². The predicted molar refractivity (Wildman–Crippen MR) is 56.2 cm³/mol. The Labute approximate surface area is 97.9 Å². The Kier molecular flexibility index (Phi) is 6.15. The van der Waals surface area contributed by atoms with Gasteiger partial charge in [0.05, 0.1) is 17.9 Å². The normalized spacial score (nSPS) is 15.7. The van der Waals surface area contributed by atoms with Crippen molar-refractivity contribution >= 4 is 17.7 Å². The van der Waals surface area contributed by atoms with Crippen molar-refractivity contribution in [3.63, 3.8) is 0 Å². The van der Waals surface area contributed by atoms with E-state index in [0.29, 0.717) is 0 Å². The van der Waals surface area contributed by atoms with Gasteiger partial charge in [0.2, 0.25) is 17.7 Å². The molecule has 0 aromatic heterocycles.